The van der Waals surface area contributed by atoms with Crippen LogP contribution >= 0.6 is 0 Å². The first-order chi connectivity index (χ1) is 14.6. The van der Waals surface area contributed by atoms with E-state index in [1.165, 1.54) is 5.56 Å². The van der Waals surface area contributed by atoms with Crippen molar-refractivity contribution < 1.29 is 14.6 Å². The lowest BCUT2D eigenvalue weighted by molar-refractivity contribution is -0.175. The SMILES string of the molecule is O=C(OC[C@@]12C[C@@H]1CN(Cc1ccccc1)C2)C(O)(c1ccccc1)C1CCCC1. The lowest BCUT2D eigenvalue weighted by atomic mass is 9.80. The Labute approximate surface area is 178 Å². The molecule has 0 spiro atoms. The van der Waals surface area contributed by atoms with Crippen molar-refractivity contribution in [3.05, 3.63) is 71.8 Å². The molecule has 1 unspecified atom stereocenters. The Hall–Kier alpha value is -2.17. The minimum atomic E-state index is -1.53. The van der Waals surface area contributed by atoms with Crippen LogP contribution in [0.4, 0.5) is 0 Å². The van der Waals surface area contributed by atoms with Crippen LogP contribution in [0.2, 0.25) is 0 Å². The van der Waals surface area contributed by atoms with Gasteiger partial charge in [-0.3, -0.25) is 4.90 Å². The highest BCUT2D eigenvalue weighted by atomic mass is 16.6. The summed E-state index contributed by atoms with van der Waals surface area (Å²) in [6.45, 7) is 3.40. The highest BCUT2D eigenvalue weighted by molar-refractivity contribution is 5.81. The number of esters is 1. The van der Waals surface area contributed by atoms with E-state index in [-0.39, 0.29) is 11.3 Å². The number of nitrogens with zero attached hydrogens (tertiary/aromatic N) is 1. The van der Waals surface area contributed by atoms with Crippen molar-refractivity contribution in [2.24, 2.45) is 17.3 Å². The van der Waals surface area contributed by atoms with E-state index in [2.05, 4.69) is 29.2 Å². The van der Waals surface area contributed by atoms with Gasteiger partial charge in [-0.05, 0) is 36.3 Å². The van der Waals surface area contributed by atoms with E-state index >= 15 is 0 Å². The number of ether oxygens (including phenoxy) is 1. The third-order valence-corrected chi connectivity index (χ3v) is 7.59. The van der Waals surface area contributed by atoms with Crippen LogP contribution in [-0.2, 0) is 21.7 Å². The second kappa shape index (κ2) is 7.82. The molecule has 2 saturated carbocycles. The molecule has 0 bridgehead atoms. The molecule has 5 rings (SSSR count). The van der Waals surface area contributed by atoms with Gasteiger partial charge in [0.15, 0.2) is 5.60 Å². The maximum Gasteiger partial charge on any atom is 0.343 e. The van der Waals surface area contributed by atoms with Crippen LogP contribution in [-0.4, -0.2) is 35.7 Å². The molecule has 0 radical (unpaired) electrons. The molecule has 0 amide bonds. The second-order valence-electron chi connectivity index (χ2n) is 9.61. The van der Waals surface area contributed by atoms with Gasteiger partial charge in [0.05, 0.1) is 6.61 Å². The minimum absolute atomic E-state index is 0.0574. The van der Waals surface area contributed by atoms with Gasteiger partial charge in [-0.25, -0.2) is 4.79 Å². The van der Waals surface area contributed by atoms with Gasteiger partial charge in [0.1, 0.15) is 0 Å². The van der Waals surface area contributed by atoms with Crippen LogP contribution in [0, 0.1) is 17.3 Å². The van der Waals surface area contributed by atoms with E-state index < -0.39 is 11.6 Å². The van der Waals surface area contributed by atoms with Gasteiger partial charge in [0.2, 0.25) is 0 Å². The molecule has 0 aromatic heterocycles. The number of aliphatic hydroxyl groups is 1. The summed E-state index contributed by atoms with van der Waals surface area (Å²) in [5.41, 5.74) is 0.549. The monoisotopic (exact) mass is 405 g/mol. The third-order valence-electron chi connectivity index (χ3n) is 7.59. The number of hydrogen-bond acceptors (Lipinski definition) is 4. The topological polar surface area (TPSA) is 49.8 Å². The Kier molecular flexibility index (Phi) is 5.16. The van der Waals surface area contributed by atoms with Crippen molar-refractivity contribution in [3.8, 4) is 0 Å². The van der Waals surface area contributed by atoms with Crippen molar-refractivity contribution in [1.29, 1.82) is 0 Å². The van der Waals surface area contributed by atoms with Gasteiger partial charge in [-0.15, -0.1) is 0 Å². The van der Waals surface area contributed by atoms with Crippen LogP contribution < -0.4 is 0 Å². The van der Waals surface area contributed by atoms with Crippen molar-refractivity contribution in [2.75, 3.05) is 19.7 Å². The van der Waals surface area contributed by atoms with Crippen LogP contribution in [0.3, 0.4) is 0 Å². The molecule has 3 fully saturated rings. The zero-order chi connectivity index (χ0) is 20.6. The fourth-order valence-electron chi connectivity index (χ4n) is 5.77. The molecule has 4 nitrogen and oxygen atoms in total. The number of benzene rings is 2. The summed E-state index contributed by atoms with van der Waals surface area (Å²) in [4.78, 5) is 15.7. The Morgan fingerprint density at radius 2 is 1.73 bits per heavy atom. The Morgan fingerprint density at radius 3 is 2.43 bits per heavy atom. The van der Waals surface area contributed by atoms with Crippen molar-refractivity contribution in [1.82, 2.24) is 4.90 Å². The predicted molar refractivity (Wildman–Crippen MR) is 116 cm³/mol. The Bertz CT molecular complexity index is 880. The first-order valence-electron chi connectivity index (χ1n) is 11.3. The highest BCUT2D eigenvalue weighted by Crippen LogP contribution is 2.58. The average molecular weight is 406 g/mol. The number of likely N-dealkylation sites (tertiary alicyclic amines) is 1. The van der Waals surface area contributed by atoms with E-state index in [1.54, 1.807) is 0 Å². The summed E-state index contributed by atoms with van der Waals surface area (Å²) in [6, 6.07) is 19.9. The van der Waals surface area contributed by atoms with E-state index in [9.17, 15) is 9.90 Å². The van der Waals surface area contributed by atoms with Crippen LogP contribution in [0.15, 0.2) is 60.7 Å². The molecule has 3 atom stereocenters. The molecule has 30 heavy (non-hydrogen) atoms. The van der Waals surface area contributed by atoms with Gasteiger partial charge in [0, 0.05) is 31.0 Å². The molecule has 1 N–H and O–H groups in total. The maximum absolute atomic E-state index is 13.3. The predicted octanol–water partition coefficient (Wildman–Crippen LogP) is 4.13. The standard InChI is InChI=1S/C26H31NO3/c28-24(26(29,22-13-7-8-14-22)21-11-5-2-6-12-21)30-19-25-15-23(25)17-27(18-25)16-20-9-3-1-4-10-20/h1-6,9-12,22-23,29H,7-8,13-19H2/t23-,25+,26?/m1/s1. The molecule has 158 valence electrons. The third kappa shape index (κ3) is 3.57. The molecule has 2 aromatic carbocycles. The van der Waals surface area contributed by atoms with Crippen LogP contribution in [0.25, 0.3) is 0 Å². The first kappa shape index (κ1) is 19.8. The molecule has 4 heteroatoms. The normalized spacial score (nSPS) is 28.1. The average Bonchev–Trinajstić information content (AvgIpc) is 3.14. The van der Waals surface area contributed by atoms with E-state index in [1.807, 2.05) is 36.4 Å². The summed E-state index contributed by atoms with van der Waals surface area (Å²) >= 11 is 0. The first-order valence-corrected chi connectivity index (χ1v) is 11.3. The van der Waals surface area contributed by atoms with Gasteiger partial charge in [0.25, 0.3) is 0 Å². The summed E-state index contributed by atoms with van der Waals surface area (Å²) in [5, 5.41) is 11.6. The number of fused-ring (bicyclic) bond motifs is 1. The van der Waals surface area contributed by atoms with Gasteiger partial charge < -0.3 is 9.84 Å². The second-order valence-corrected chi connectivity index (χ2v) is 9.61. The number of hydrogen-bond donors (Lipinski definition) is 1. The zero-order valence-electron chi connectivity index (χ0n) is 17.5. The molecule has 2 aromatic rings. The molecule has 3 aliphatic rings. The number of piperidine rings is 1. The Balaban J connectivity index is 1.25. The van der Waals surface area contributed by atoms with Gasteiger partial charge in [-0.2, -0.15) is 0 Å². The fraction of sp³-hybridized carbons (Fsp3) is 0.500. The lowest BCUT2D eigenvalue weighted by Gasteiger charge is -2.33. The van der Waals surface area contributed by atoms with E-state index in [4.69, 9.17) is 4.74 Å². The van der Waals surface area contributed by atoms with Crippen LogP contribution in [0.5, 0.6) is 0 Å². The molecule has 1 aliphatic heterocycles. The highest BCUT2D eigenvalue weighted by Gasteiger charge is 2.61. The minimum Gasteiger partial charge on any atom is -0.463 e. The summed E-state index contributed by atoms with van der Waals surface area (Å²) in [7, 11) is 0. The molecular formula is C26H31NO3. The summed E-state index contributed by atoms with van der Waals surface area (Å²) in [6.07, 6.45) is 5.00. The van der Waals surface area contributed by atoms with E-state index in [0.717, 1.165) is 51.7 Å². The fourth-order valence-corrected chi connectivity index (χ4v) is 5.77. The smallest absolute Gasteiger partial charge is 0.343 e. The van der Waals surface area contributed by atoms with Crippen molar-refractivity contribution in [2.45, 2.75) is 44.2 Å². The largest absolute Gasteiger partial charge is 0.463 e. The maximum atomic E-state index is 13.3. The molecule has 1 heterocycles. The Morgan fingerprint density at radius 1 is 1.07 bits per heavy atom. The number of carbonyl (C=O) groups is 1. The van der Waals surface area contributed by atoms with Crippen molar-refractivity contribution in [3.63, 3.8) is 0 Å². The van der Waals surface area contributed by atoms with Crippen LogP contribution in [0.1, 0.15) is 43.2 Å². The zero-order valence-corrected chi connectivity index (χ0v) is 17.5. The number of carbonyl (C=O) groups excluding carboxylic acids is 1. The summed E-state index contributed by atoms with van der Waals surface area (Å²) in [5.74, 6) is 0.0884. The molecule has 2 aliphatic carbocycles. The van der Waals surface area contributed by atoms with E-state index in [0.29, 0.717) is 18.1 Å². The molecule has 1 saturated heterocycles. The quantitative estimate of drug-likeness (QED) is 0.704. The molecular weight excluding hydrogens is 374 g/mol. The summed E-state index contributed by atoms with van der Waals surface area (Å²) < 4.78 is 5.89. The van der Waals surface area contributed by atoms with Gasteiger partial charge in [-0.1, -0.05) is 73.5 Å². The van der Waals surface area contributed by atoms with Gasteiger partial charge >= 0.3 is 5.97 Å². The lowest BCUT2D eigenvalue weighted by Crippen LogP contribution is -2.44. The number of rotatable bonds is 7. The van der Waals surface area contributed by atoms with Crippen molar-refractivity contribution >= 4 is 5.97 Å².